The van der Waals surface area contributed by atoms with Crippen LogP contribution >= 0.6 is 12.4 Å². The van der Waals surface area contributed by atoms with Crippen LogP contribution in [0.4, 0.5) is 0 Å². The molecule has 5 nitrogen and oxygen atoms in total. The molecule has 0 aromatic heterocycles. The van der Waals surface area contributed by atoms with Gasteiger partial charge in [0.05, 0.1) is 6.54 Å². The van der Waals surface area contributed by atoms with Crippen molar-refractivity contribution in [1.82, 2.24) is 10.2 Å². The van der Waals surface area contributed by atoms with E-state index in [1.165, 1.54) is 0 Å². The van der Waals surface area contributed by atoms with Gasteiger partial charge in [-0.3, -0.25) is 9.59 Å². The zero-order valence-corrected chi connectivity index (χ0v) is 11.7. The molecule has 0 aromatic carbocycles. The van der Waals surface area contributed by atoms with Crippen molar-refractivity contribution < 1.29 is 9.59 Å². The Morgan fingerprint density at radius 2 is 1.94 bits per heavy atom. The van der Waals surface area contributed by atoms with E-state index in [9.17, 15) is 9.59 Å². The summed E-state index contributed by atoms with van der Waals surface area (Å²) in [7, 11) is 1.85. The summed E-state index contributed by atoms with van der Waals surface area (Å²) < 4.78 is 0. The van der Waals surface area contributed by atoms with Gasteiger partial charge >= 0.3 is 0 Å². The van der Waals surface area contributed by atoms with Gasteiger partial charge in [-0.15, -0.1) is 12.4 Å². The SMILES string of the molecule is CNCCCC(=O)N(CC(N)=O)CC(C)C.Cl. The Labute approximate surface area is 110 Å². The first-order chi connectivity index (χ1) is 7.47. The van der Waals surface area contributed by atoms with E-state index >= 15 is 0 Å². The monoisotopic (exact) mass is 265 g/mol. The third-order valence-corrected chi connectivity index (χ3v) is 2.10. The Bertz CT molecular complexity index is 235. The zero-order valence-electron chi connectivity index (χ0n) is 10.9. The standard InChI is InChI=1S/C11H23N3O2.ClH/c1-9(2)7-14(8-10(12)15)11(16)5-4-6-13-3;/h9,13H,4-8H2,1-3H3,(H2,12,15);1H. The van der Waals surface area contributed by atoms with Crippen LogP contribution in [0.15, 0.2) is 0 Å². The van der Waals surface area contributed by atoms with E-state index in [2.05, 4.69) is 5.32 Å². The molecule has 0 saturated heterocycles. The third-order valence-electron chi connectivity index (χ3n) is 2.10. The molecule has 0 radical (unpaired) electrons. The van der Waals surface area contributed by atoms with Crippen molar-refractivity contribution in [2.24, 2.45) is 11.7 Å². The van der Waals surface area contributed by atoms with Crippen molar-refractivity contribution in [1.29, 1.82) is 0 Å². The lowest BCUT2D eigenvalue weighted by Gasteiger charge is -2.23. The fraction of sp³-hybridized carbons (Fsp3) is 0.818. The fourth-order valence-corrected chi connectivity index (χ4v) is 1.46. The molecule has 3 N–H and O–H groups in total. The highest BCUT2D eigenvalue weighted by Crippen LogP contribution is 2.02. The van der Waals surface area contributed by atoms with Gasteiger partial charge in [0.25, 0.3) is 0 Å². The minimum Gasteiger partial charge on any atom is -0.368 e. The van der Waals surface area contributed by atoms with Gasteiger partial charge in [-0.2, -0.15) is 0 Å². The van der Waals surface area contributed by atoms with Crippen molar-refractivity contribution in [2.75, 3.05) is 26.7 Å². The maximum absolute atomic E-state index is 11.8. The Kier molecular flexibility index (Phi) is 11.3. The second kappa shape index (κ2) is 10.4. The van der Waals surface area contributed by atoms with Gasteiger partial charge in [0.2, 0.25) is 11.8 Å². The first-order valence-corrected chi connectivity index (χ1v) is 5.68. The predicted octanol–water partition coefficient (Wildman–Crippen LogP) is 0.378. The molecule has 0 fully saturated rings. The maximum atomic E-state index is 11.8. The van der Waals surface area contributed by atoms with E-state index in [0.29, 0.717) is 18.9 Å². The molecule has 6 heteroatoms. The summed E-state index contributed by atoms with van der Waals surface area (Å²) in [6, 6.07) is 0. The Balaban J connectivity index is 0. The average molecular weight is 266 g/mol. The van der Waals surface area contributed by atoms with E-state index in [1.807, 2.05) is 20.9 Å². The number of nitrogens with one attached hydrogen (secondary N) is 1. The molecule has 0 aliphatic rings. The number of carbonyl (C=O) groups is 2. The topological polar surface area (TPSA) is 75.4 Å². The summed E-state index contributed by atoms with van der Waals surface area (Å²) in [5.41, 5.74) is 5.12. The molecule has 102 valence electrons. The number of primary amides is 1. The zero-order chi connectivity index (χ0) is 12.6. The largest absolute Gasteiger partial charge is 0.368 e. The highest BCUT2D eigenvalue weighted by molar-refractivity contribution is 5.85. The van der Waals surface area contributed by atoms with E-state index in [-0.39, 0.29) is 24.9 Å². The van der Waals surface area contributed by atoms with Crippen LogP contribution in [0.25, 0.3) is 0 Å². The van der Waals surface area contributed by atoms with E-state index in [0.717, 1.165) is 13.0 Å². The summed E-state index contributed by atoms with van der Waals surface area (Å²) in [4.78, 5) is 24.2. The smallest absolute Gasteiger partial charge is 0.237 e. The van der Waals surface area contributed by atoms with Crippen molar-refractivity contribution >= 4 is 24.2 Å². The van der Waals surface area contributed by atoms with Gasteiger partial charge in [0.1, 0.15) is 0 Å². The predicted molar refractivity (Wildman–Crippen MR) is 71.0 cm³/mol. The lowest BCUT2D eigenvalue weighted by molar-refractivity contribution is -0.135. The quantitative estimate of drug-likeness (QED) is 0.623. The molecule has 0 aliphatic heterocycles. The molecule has 0 saturated carbocycles. The highest BCUT2D eigenvalue weighted by Gasteiger charge is 2.16. The third kappa shape index (κ3) is 10.1. The number of rotatable bonds is 8. The van der Waals surface area contributed by atoms with Crippen molar-refractivity contribution in [3.05, 3.63) is 0 Å². The van der Waals surface area contributed by atoms with Crippen LogP contribution in [-0.4, -0.2) is 43.4 Å². The van der Waals surface area contributed by atoms with Crippen LogP contribution in [0.1, 0.15) is 26.7 Å². The summed E-state index contributed by atoms with van der Waals surface area (Å²) in [5.74, 6) is -0.113. The van der Waals surface area contributed by atoms with Gasteiger partial charge in [0.15, 0.2) is 0 Å². The summed E-state index contributed by atoms with van der Waals surface area (Å²) in [6.45, 7) is 5.43. The summed E-state index contributed by atoms with van der Waals surface area (Å²) in [6.07, 6.45) is 1.24. The fourth-order valence-electron chi connectivity index (χ4n) is 1.46. The van der Waals surface area contributed by atoms with Gasteiger partial charge in [-0.05, 0) is 25.9 Å². The van der Waals surface area contributed by atoms with E-state index in [4.69, 9.17) is 5.73 Å². The lowest BCUT2D eigenvalue weighted by atomic mass is 10.2. The summed E-state index contributed by atoms with van der Waals surface area (Å²) in [5, 5.41) is 2.98. The van der Waals surface area contributed by atoms with Crippen LogP contribution in [-0.2, 0) is 9.59 Å². The van der Waals surface area contributed by atoms with Crippen molar-refractivity contribution in [3.63, 3.8) is 0 Å². The first kappa shape index (κ1) is 18.6. The average Bonchev–Trinajstić information content (AvgIpc) is 2.15. The summed E-state index contributed by atoms with van der Waals surface area (Å²) >= 11 is 0. The van der Waals surface area contributed by atoms with Crippen LogP contribution in [0.3, 0.4) is 0 Å². The number of nitrogens with zero attached hydrogens (tertiary/aromatic N) is 1. The molecular formula is C11H24ClN3O2. The second-order valence-corrected chi connectivity index (χ2v) is 4.34. The molecule has 0 aromatic rings. The Hall–Kier alpha value is -0.810. The molecule has 2 amide bonds. The normalized spacial score (nSPS) is 9.88. The Morgan fingerprint density at radius 1 is 1.35 bits per heavy atom. The number of carbonyl (C=O) groups excluding carboxylic acids is 2. The molecular weight excluding hydrogens is 242 g/mol. The number of nitrogens with two attached hydrogens (primary N) is 1. The van der Waals surface area contributed by atoms with Crippen LogP contribution in [0.5, 0.6) is 0 Å². The number of amides is 2. The van der Waals surface area contributed by atoms with Crippen LogP contribution in [0, 0.1) is 5.92 Å². The molecule has 0 rings (SSSR count). The molecule has 0 bridgehead atoms. The van der Waals surface area contributed by atoms with Gasteiger partial charge in [-0.25, -0.2) is 0 Å². The number of hydrogen-bond donors (Lipinski definition) is 2. The van der Waals surface area contributed by atoms with Crippen LogP contribution < -0.4 is 11.1 Å². The van der Waals surface area contributed by atoms with Crippen LogP contribution in [0.2, 0.25) is 0 Å². The van der Waals surface area contributed by atoms with Gasteiger partial charge in [-0.1, -0.05) is 13.8 Å². The minimum atomic E-state index is -0.456. The number of hydrogen-bond acceptors (Lipinski definition) is 3. The highest BCUT2D eigenvalue weighted by atomic mass is 35.5. The number of halogens is 1. The van der Waals surface area contributed by atoms with Crippen molar-refractivity contribution in [2.45, 2.75) is 26.7 Å². The van der Waals surface area contributed by atoms with Gasteiger partial charge < -0.3 is 16.0 Å². The molecule has 0 atom stereocenters. The second-order valence-electron chi connectivity index (χ2n) is 4.34. The molecule has 0 aliphatic carbocycles. The van der Waals surface area contributed by atoms with Crippen molar-refractivity contribution in [3.8, 4) is 0 Å². The molecule has 0 heterocycles. The Morgan fingerprint density at radius 3 is 2.35 bits per heavy atom. The van der Waals surface area contributed by atoms with Gasteiger partial charge in [0, 0.05) is 13.0 Å². The molecule has 17 heavy (non-hydrogen) atoms. The first-order valence-electron chi connectivity index (χ1n) is 5.68. The molecule has 0 spiro atoms. The van der Waals surface area contributed by atoms with E-state index < -0.39 is 5.91 Å². The lowest BCUT2D eigenvalue weighted by Crippen LogP contribution is -2.40. The maximum Gasteiger partial charge on any atom is 0.237 e. The molecule has 0 unspecified atom stereocenters. The minimum absolute atomic E-state index is 0. The van der Waals surface area contributed by atoms with E-state index in [1.54, 1.807) is 4.90 Å².